The molecule has 4 N–H and O–H groups in total. The van der Waals surface area contributed by atoms with Gasteiger partial charge in [-0.25, -0.2) is 31.5 Å². The highest BCUT2D eigenvalue weighted by Crippen LogP contribution is 2.32. The van der Waals surface area contributed by atoms with Crippen molar-refractivity contribution < 1.29 is 26.6 Å². The zero-order valence-electron chi connectivity index (χ0n) is 18.4. The first kappa shape index (κ1) is 25.1. The van der Waals surface area contributed by atoms with Gasteiger partial charge in [-0.05, 0) is 54.9 Å². The number of carbonyl (C=O) groups excluding carboxylic acids is 1. The molecular formula is C22H21F4N5O2S. The number of benzene rings is 2. The first-order chi connectivity index (χ1) is 15.9. The van der Waals surface area contributed by atoms with Crippen LogP contribution in [0.2, 0.25) is 0 Å². The number of aromatic nitrogens is 1. The summed E-state index contributed by atoms with van der Waals surface area (Å²) in [6.45, 7) is 1.64. The Morgan fingerprint density at radius 2 is 1.79 bits per heavy atom. The monoisotopic (exact) mass is 495 g/mol. The van der Waals surface area contributed by atoms with Crippen LogP contribution in [0.4, 0.5) is 34.8 Å². The van der Waals surface area contributed by atoms with Gasteiger partial charge >= 0.3 is 0 Å². The Kier molecular flexibility index (Phi) is 7.22. The van der Waals surface area contributed by atoms with E-state index in [1.165, 1.54) is 43.8 Å². The fourth-order valence-corrected chi connectivity index (χ4v) is 3.62. The van der Waals surface area contributed by atoms with Crippen LogP contribution in [0.15, 0.2) is 40.9 Å². The zero-order chi connectivity index (χ0) is 25.2. The van der Waals surface area contributed by atoms with Gasteiger partial charge in [-0.15, -0.1) is 0 Å². The van der Waals surface area contributed by atoms with Crippen LogP contribution in [-0.4, -0.2) is 28.4 Å². The first-order valence-corrected chi connectivity index (χ1v) is 11.7. The zero-order valence-corrected chi connectivity index (χ0v) is 19.2. The summed E-state index contributed by atoms with van der Waals surface area (Å²) in [6.07, 6.45) is 1.91. The van der Waals surface area contributed by atoms with E-state index in [0.717, 1.165) is 6.07 Å². The second-order valence-electron chi connectivity index (χ2n) is 7.44. The minimum absolute atomic E-state index is 0.140. The van der Waals surface area contributed by atoms with E-state index in [0.29, 0.717) is 5.56 Å². The highest BCUT2D eigenvalue weighted by molar-refractivity contribution is 7.91. The lowest BCUT2D eigenvalue weighted by atomic mass is 10.00. The number of hydrogen-bond donors (Lipinski definition) is 3. The van der Waals surface area contributed by atoms with Crippen molar-refractivity contribution in [2.75, 3.05) is 18.6 Å². The number of rotatable bonds is 7. The lowest BCUT2D eigenvalue weighted by Gasteiger charge is -2.16. The van der Waals surface area contributed by atoms with Crippen molar-refractivity contribution >= 4 is 33.0 Å². The Hall–Kier alpha value is -3.51. The Labute approximate surface area is 193 Å². The van der Waals surface area contributed by atoms with E-state index >= 15 is 0 Å². The van der Waals surface area contributed by atoms with Crippen molar-refractivity contribution in [3.63, 3.8) is 0 Å². The highest BCUT2D eigenvalue weighted by Gasteiger charge is 2.23. The fourth-order valence-electron chi connectivity index (χ4n) is 3.07. The number of primary amides is 1. The van der Waals surface area contributed by atoms with Gasteiger partial charge in [0.2, 0.25) is 0 Å². The number of nitrogens with one attached hydrogen (secondary N) is 2. The van der Waals surface area contributed by atoms with Gasteiger partial charge in [-0.1, -0.05) is 6.07 Å². The predicted octanol–water partition coefficient (Wildman–Crippen LogP) is 4.24. The molecular weight excluding hydrogens is 474 g/mol. The molecule has 0 aliphatic carbocycles. The normalized spacial score (nSPS) is 12.8. The van der Waals surface area contributed by atoms with Crippen LogP contribution in [0.1, 0.15) is 27.0 Å². The molecule has 1 unspecified atom stereocenters. The maximum absolute atomic E-state index is 15.0. The van der Waals surface area contributed by atoms with Crippen LogP contribution < -0.4 is 15.8 Å². The molecule has 0 saturated heterocycles. The van der Waals surface area contributed by atoms with Crippen LogP contribution in [0.5, 0.6) is 0 Å². The molecule has 0 aliphatic heterocycles. The molecule has 12 heteroatoms. The van der Waals surface area contributed by atoms with E-state index in [1.54, 1.807) is 6.92 Å². The van der Waals surface area contributed by atoms with Crippen molar-refractivity contribution in [3.8, 4) is 0 Å². The second kappa shape index (κ2) is 9.77. The Morgan fingerprint density at radius 3 is 2.41 bits per heavy atom. The number of pyridine rings is 1. The van der Waals surface area contributed by atoms with Crippen LogP contribution in [0.3, 0.4) is 0 Å². The molecule has 3 rings (SSSR count). The number of halogens is 4. The second-order valence-corrected chi connectivity index (χ2v) is 9.64. The summed E-state index contributed by atoms with van der Waals surface area (Å²) in [7, 11) is -1.60. The molecule has 1 aromatic heterocycles. The molecule has 0 radical (unpaired) electrons. The largest absolute Gasteiger partial charge is 0.366 e. The maximum atomic E-state index is 15.0. The number of carbonyl (C=O) groups is 1. The summed E-state index contributed by atoms with van der Waals surface area (Å²) >= 11 is 0. The third kappa shape index (κ3) is 5.34. The summed E-state index contributed by atoms with van der Waals surface area (Å²) in [5, 5.41) is 2.37. The fraction of sp³-hybridized carbons (Fsp3) is 0.182. The van der Waals surface area contributed by atoms with Gasteiger partial charge in [-0.2, -0.15) is 4.36 Å². The molecule has 180 valence electrons. The van der Waals surface area contributed by atoms with Gasteiger partial charge in [0.1, 0.15) is 15.7 Å². The number of amides is 1. The molecule has 1 amide bonds. The van der Waals surface area contributed by atoms with Crippen LogP contribution in [0.25, 0.3) is 0 Å². The summed E-state index contributed by atoms with van der Waals surface area (Å²) < 4.78 is 77.3. The average Bonchev–Trinajstić information content (AvgIpc) is 2.77. The number of nitrogens with two attached hydrogens (primary N) is 1. The predicted molar refractivity (Wildman–Crippen MR) is 122 cm³/mol. The van der Waals surface area contributed by atoms with Crippen molar-refractivity contribution in [3.05, 3.63) is 82.1 Å². The summed E-state index contributed by atoms with van der Waals surface area (Å²) in [4.78, 5) is 15.7. The molecule has 2 aromatic carbocycles. The topological polar surface area (TPSA) is 109 Å². The molecule has 1 atom stereocenters. The van der Waals surface area contributed by atoms with Gasteiger partial charge in [0.25, 0.3) is 5.91 Å². The third-order valence-corrected chi connectivity index (χ3v) is 6.18. The summed E-state index contributed by atoms with van der Waals surface area (Å²) in [6, 6.07) is 6.18. The van der Waals surface area contributed by atoms with Crippen molar-refractivity contribution in [2.24, 2.45) is 10.1 Å². The highest BCUT2D eigenvalue weighted by atomic mass is 32.2. The number of aryl methyl sites for hydroxylation is 1. The van der Waals surface area contributed by atoms with Crippen LogP contribution >= 0.6 is 0 Å². The molecule has 0 saturated carbocycles. The van der Waals surface area contributed by atoms with E-state index in [2.05, 4.69) is 19.4 Å². The van der Waals surface area contributed by atoms with Gasteiger partial charge in [-0.3, -0.25) is 4.79 Å². The Bertz CT molecular complexity index is 1400. The molecule has 1 heterocycles. The quantitative estimate of drug-likeness (QED) is 0.426. The van der Waals surface area contributed by atoms with Gasteiger partial charge < -0.3 is 11.1 Å². The first-order valence-electron chi connectivity index (χ1n) is 9.81. The lowest BCUT2D eigenvalue weighted by Crippen LogP contribution is -2.17. The van der Waals surface area contributed by atoms with Gasteiger partial charge in [0.15, 0.2) is 23.3 Å². The van der Waals surface area contributed by atoms with Crippen molar-refractivity contribution in [1.29, 1.82) is 0 Å². The molecule has 0 aliphatic rings. The SMILES string of the molecule is CNS(C)(=O)=Nc1nccc(Cc2cc(C(N)=O)c(Nc3ccc(C)cc3F)c(F)c2F)c1F. The minimum atomic E-state index is -2.97. The van der Waals surface area contributed by atoms with Crippen LogP contribution in [-0.2, 0) is 16.3 Å². The minimum Gasteiger partial charge on any atom is -0.366 e. The summed E-state index contributed by atoms with van der Waals surface area (Å²) in [5.74, 6) is -6.20. The molecule has 0 spiro atoms. The molecule has 7 nitrogen and oxygen atoms in total. The maximum Gasteiger partial charge on any atom is 0.250 e. The van der Waals surface area contributed by atoms with E-state index in [9.17, 15) is 26.6 Å². The van der Waals surface area contributed by atoms with Crippen LogP contribution in [0, 0.1) is 30.2 Å². The van der Waals surface area contributed by atoms with Gasteiger partial charge in [0.05, 0.1) is 16.9 Å². The molecule has 34 heavy (non-hydrogen) atoms. The van der Waals surface area contributed by atoms with Crippen molar-refractivity contribution in [2.45, 2.75) is 13.3 Å². The third-order valence-electron chi connectivity index (χ3n) is 4.90. The molecule has 0 fully saturated rings. The smallest absolute Gasteiger partial charge is 0.250 e. The lowest BCUT2D eigenvalue weighted by molar-refractivity contribution is 0.100. The Balaban J connectivity index is 2.07. The molecule has 3 aromatic rings. The molecule has 0 bridgehead atoms. The van der Waals surface area contributed by atoms with E-state index in [4.69, 9.17) is 5.73 Å². The Morgan fingerprint density at radius 1 is 1.09 bits per heavy atom. The van der Waals surface area contributed by atoms with Gasteiger partial charge in [0, 0.05) is 18.9 Å². The average molecular weight is 496 g/mol. The number of anilines is 2. The van der Waals surface area contributed by atoms with Crippen molar-refractivity contribution in [1.82, 2.24) is 9.71 Å². The standard InChI is InChI=1S/C22H21F4N5O2S/c1-11-4-5-16(15(23)8-11)30-20-14(21(27)32)10-13(17(24)19(20)26)9-12-6-7-29-22(18(12)25)31-34(3,33)28-2/h4-8,10,30H,9H2,1-3H3,(H2,27,32)(H,28,29,31,33). The number of nitrogens with zero attached hydrogens (tertiary/aromatic N) is 2. The van der Waals surface area contributed by atoms with E-state index < -0.39 is 62.6 Å². The summed E-state index contributed by atoms with van der Waals surface area (Å²) in [5.41, 5.74) is 4.12. The van der Waals surface area contributed by atoms with E-state index in [1.807, 2.05) is 0 Å². The number of hydrogen-bond acceptors (Lipinski definition) is 5. The van der Waals surface area contributed by atoms with E-state index in [-0.39, 0.29) is 16.8 Å².